The molecule has 0 unspecified atom stereocenters. The molecular weight excluding hydrogens is 138 g/mol. The van der Waals surface area contributed by atoms with E-state index in [4.69, 9.17) is 11.6 Å². The fourth-order valence-corrected chi connectivity index (χ4v) is 0.654. The van der Waals surface area contributed by atoms with Crippen LogP contribution in [0.4, 0.5) is 0 Å². The van der Waals surface area contributed by atoms with Gasteiger partial charge in [-0.25, -0.2) is 0 Å². The Balaban J connectivity index is 2.30. The molecule has 9 heavy (non-hydrogen) atoms. The summed E-state index contributed by atoms with van der Waals surface area (Å²) in [5.41, 5.74) is 0.927. The monoisotopic (exact) mass is 144 g/mol. The number of aromatic nitrogens is 1. The molecule has 0 N–H and O–H groups in total. The lowest BCUT2D eigenvalue weighted by Gasteiger charge is -1.86. The number of rotatable bonds is 3. The third-order valence-corrected chi connectivity index (χ3v) is 1.17. The normalized spacial score (nSPS) is 9.89. The van der Waals surface area contributed by atoms with Crippen LogP contribution in [0.5, 0.6) is 0 Å². The average molecular weight is 145 g/mol. The van der Waals surface area contributed by atoms with Crippen molar-refractivity contribution < 1.29 is 4.52 Å². The van der Waals surface area contributed by atoms with Crippen LogP contribution in [0.25, 0.3) is 0 Å². The quantitative estimate of drug-likeness (QED) is 0.603. The lowest BCUT2D eigenvalue weighted by Crippen LogP contribution is -1.85. The van der Waals surface area contributed by atoms with Crippen molar-refractivity contribution >= 4 is 11.6 Å². The SMILES string of the molecule is ClC[CH]Cc1ccon1. The van der Waals surface area contributed by atoms with Crippen LogP contribution >= 0.6 is 11.6 Å². The molecule has 0 atom stereocenters. The van der Waals surface area contributed by atoms with E-state index in [0.29, 0.717) is 5.88 Å². The molecule has 1 rings (SSSR count). The topological polar surface area (TPSA) is 26.0 Å². The number of halogens is 1. The van der Waals surface area contributed by atoms with Crippen LogP contribution in [0.1, 0.15) is 5.69 Å². The van der Waals surface area contributed by atoms with Crippen molar-refractivity contribution in [3.8, 4) is 0 Å². The molecule has 0 aliphatic carbocycles. The third-order valence-electron chi connectivity index (χ3n) is 0.954. The molecule has 0 aromatic carbocycles. The highest BCUT2D eigenvalue weighted by molar-refractivity contribution is 6.18. The minimum absolute atomic E-state index is 0.562. The molecule has 0 aliphatic heterocycles. The molecule has 1 aromatic rings. The molecule has 1 heterocycles. The molecule has 0 bridgehead atoms. The minimum Gasteiger partial charge on any atom is -0.365 e. The fraction of sp³-hybridized carbons (Fsp3) is 0.333. The zero-order valence-electron chi connectivity index (χ0n) is 4.88. The Morgan fingerprint density at radius 1 is 1.78 bits per heavy atom. The van der Waals surface area contributed by atoms with Crippen molar-refractivity contribution in [3.05, 3.63) is 24.4 Å². The molecule has 0 aliphatic rings. The van der Waals surface area contributed by atoms with Crippen LogP contribution in [0.2, 0.25) is 0 Å². The molecule has 0 saturated heterocycles. The minimum atomic E-state index is 0.562. The molecular formula is C6H7ClNO. The van der Waals surface area contributed by atoms with Crippen LogP contribution in [0.15, 0.2) is 16.9 Å². The Labute approximate surface area is 58.8 Å². The summed E-state index contributed by atoms with van der Waals surface area (Å²) in [5, 5.41) is 3.69. The maximum Gasteiger partial charge on any atom is 0.124 e. The van der Waals surface area contributed by atoms with Crippen LogP contribution in [-0.2, 0) is 6.42 Å². The maximum atomic E-state index is 5.40. The van der Waals surface area contributed by atoms with Gasteiger partial charge in [-0.15, -0.1) is 11.6 Å². The van der Waals surface area contributed by atoms with Gasteiger partial charge in [-0.2, -0.15) is 0 Å². The summed E-state index contributed by atoms with van der Waals surface area (Å²) in [5.74, 6) is 0.562. The summed E-state index contributed by atoms with van der Waals surface area (Å²) < 4.78 is 4.60. The second-order valence-electron chi connectivity index (χ2n) is 1.64. The molecule has 3 heteroatoms. The van der Waals surface area contributed by atoms with E-state index < -0.39 is 0 Å². The van der Waals surface area contributed by atoms with Crippen molar-refractivity contribution in [3.63, 3.8) is 0 Å². The highest BCUT2D eigenvalue weighted by Crippen LogP contribution is 1.98. The summed E-state index contributed by atoms with van der Waals surface area (Å²) in [7, 11) is 0. The van der Waals surface area contributed by atoms with E-state index in [9.17, 15) is 0 Å². The van der Waals surface area contributed by atoms with E-state index in [-0.39, 0.29) is 0 Å². The molecule has 1 aromatic heterocycles. The molecule has 2 nitrogen and oxygen atoms in total. The zero-order chi connectivity index (χ0) is 6.53. The first kappa shape index (κ1) is 6.62. The summed E-state index contributed by atoms with van der Waals surface area (Å²) in [6, 6.07) is 1.82. The van der Waals surface area contributed by atoms with Crippen molar-refractivity contribution in [1.82, 2.24) is 5.16 Å². The van der Waals surface area contributed by atoms with Gasteiger partial charge in [0, 0.05) is 11.9 Å². The van der Waals surface area contributed by atoms with Gasteiger partial charge in [0.2, 0.25) is 0 Å². The molecule has 0 fully saturated rings. The first-order valence-electron chi connectivity index (χ1n) is 2.70. The number of hydrogen-bond acceptors (Lipinski definition) is 2. The number of nitrogens with zero attached hydrogens (tertiary/aromatic N) is 1. The van der Waals surface area contributed by atoms with Crippen LogP contribution in [0, 0.1) is 6.42 Å². The van der Waals surface area contributed by atoms with Gasteiger partial charge in [-0.05, 0) is 12.8 Å². The van der Waals surface area contributed by atoms with E-state index in [1.165, 1.54) is 0 Å². The average Bonchev–Trinajstić information content (AvgIpc) is 2.34. The molecule has 0 spiro atoms. The zero-order valence-corrected chi connectivity index (χ0v) is 5.64. The van der Waals surface area contributed by atoms with Gasteiger partial charge >= 0.3 is 0 Å². The Hall–Kier alpha value is -0.500. The first-order valence-corrected chi connectivity index (χ1v) is 3.24. The van der Waals surface area contributed by atoms with Crippen LogP contribution in [-0.4, -0.2) is 11.0 Å². The number of alkyl halides is 1. The number of hydrogen-bond donors (Lipinski definition) is 0. The lowest BCUT2D eigenvalue weighted by molar-refractivity contribution is 0.413. The van der Waals surface area contributed by atoms with Crippen molar-refractivity contribution in [1.29, 1.82) is 0 Å². The van der Waals surface area contributed by atoms with Crippen molar-refractivity contribution in [2.45, 2.75) is 6.42 Å². The summed E-state index contributed by atoms with van der Waals surface area (Å²) in [6.45, 7) is 0. The second kappa shape index (κ2) is 3.51. The molecule has 0 amide bonds. The van der Waals surface area contributed by atoms with Gasteiger partial charge in [0.05, 0.1) is 5.69 Å². The predicted molar refractivity (Wildman–Crippen MR) is 35.2 cm³/mol. The van der Waals surface area contributed by atoms with Crippen molar-refractivity contribution in [2.75, 3.05) is 5.88 Å². The van der Waals surface area contributed by atoms with E-state index >= 15 is 0 Å². The lowest BCUT2D eigenvalue weighted by atomic mass is 10.3. The summed E-state index contributed by atoms with van der Waals surface area (Å²) in [4.78, 5) is 0. The Kier molecular flexibility index (Phi) is 2.58. The largest absolute Gasteiger partial charge is 0.365 e. The van der Waals surface area contributed by atoms with Crippen molar-refractivity contribution in [2.24, 2.45) is 0 Å². The second-order valence-corrected chi connectivity index (χ2v) is 1.95. The Morgan fingerprint density at radius 2 is 2.67 bits per heavy atom. The van der Waals surface area contributed by atoms with Crippen LogP contribution < -0.4 is 0 Å². The predicted octanol–water partition coefficient (Wildman–Crippen LogP) is 1.66. The van der Waals surface area contributed by atoms with Gasteiger partial charge in [0.25, 0.3) is 0 Å². The third kappa shape index (κ3) is 2.06. The van der Waals surface area contributed by atoms with Gasteiger partial charge in [0.15, 0.2) is 0 Å². The highest BCUT2D eigenvalue weighted by atomic mass is 35.5. The fourth-order valence-electron chi connectivity index (χ4n) is 0.545. The molecule has 0 saturated carbocycles. The van der Waals surface area contributed by atoms with Gasteiger partial charge < -0.3 is 4.52 Å². The van der Waals surface area contributed by atoms with Gasteiger partial charge in [-0.1, -0.05) is 5.16 Å². The highest BCUT2D eigenvalue weighted by Gasteiger charge is 1.93. The summed E-state index contributed by atoms with van der Waals surface area (Å²) >= 11 is 5.40. The Bertz CT molecular complexity index is 150. The van der Waals surface area contributed by atoms with Gasteiger partial charge in [-0.3, -0.25) is 0 Å². The first-order chi connectivity index (χ1) is 4.43. The smallest absolute Gasteiger partial charge is 0.124 e. The molecule has 49 valence electrons. The van der Waals surface area contributed by atoms with E-state index in [1.807, 2.05) is 12.5 Å². The Morgan fingerprint density at radius 3 is 3.22 bits per heavy atom. The maximum absolute atomic E-state index is 5.40. The molecule has 1 radical (unpaired) electrons. The van der Waals surface area contributed by atoms with Crippen LogP contribution in [0.3, 0.4) is 0 Å². The van der Waals surface area contributed by atoms with Gasteiger partial charge in [0.1, 0.15) is 6.26 Å². The van der Waals surface area contributed by atoms with E-state index in [0.717, 1.165) is 12.1 Å². The van der Waals surface area contributed by atoms with E-state index in [1.54, 1.807) is 6.26 Å². The van der Waals surface area contributed by atoms with E-state index in [2.05, 4.69) is 9.68 Å². The standard InChI is InChI=1S/C6H7ClNO/c7-4-1-2-6-3-5-9-8-6/h1,3,5H,2,4H2. The summed E-state index contributed by atoms with van der Waals surface area (Å²) in [6.07, 6.45) is 4.27.